The Bertz CT molecular complexity index is 410. The van der Waals surface area contributed by atoms with E-state index in [2.05, 4.69) is 38.1 Å². The maximum atomic E-state index is 12.0. The molecule has 0 N–H and O–H groups in total. The van der Waals surface area contributed by atoms with Crippen molar-refractivity contribution < 1.29 is 4.79 Å². The molecule has 1 fully saturated rings. The van der Waals surface area contributed by atoms with Crippen LogP contribution in [0.25, 0.3) is 0 Å². The third kappa shape index (κ3) is 2.85. The zero-order chi connectivity index (χ0) is 12.3. The van der Waals surface area contributed by atoms with E-state index < -0.39 is 0 Å². The molecule has 0 heterocycles. The first-order valence-corrected chi connectivity index (χ1v) is 6.54. The molecule has 90 valence electrons. The van der Waals surface area contributed by atoms with Crippen molar-refractivity contribution in [3.8, 4) is 0 Å². The van der Waals surface area contributed by atoms with Gasteiger partial charge in [-0.25, -0.2) is 0 Å². The van der Waals surface area contributed by atoms with Crippen LogP contribution < -0.4 is 0 Å². The van der Waals surface area contributed by atoms with Gasteiger partial charge in [-0.2, -0.15) is 0 Å². The molecule has 1 aromatic carbocycles. The van der Waals surface area contributed by atoms with Gasteiger partial charge in [0.2, 0.25) is 0 Å². The summed E-state index contributed by atoms with van der Waals surface area (Å²) >= 11 is 0. The SMILES string of the molecule is CCC(=CC(=O)C1CC1c1ccccc1)CC. The summed E-state index contributed by atoms with van der Waals surface area (Å²) in [7, 11) is 0. The van der Waals surface area contributed by atoms with Crippen molar-refractivity contribution in [3.63, 3.8) is 0 Å². The molecule has 0 amide bonds. The molecule has 0 aliphatic heterocycles. The van der Waals surface area contributed by atoms with Gasteiger partial charge in [-0.05, 0) is 36.8 Å². The Balaban J connectivity index is 1.99. The summed E-state index contributed by atoms with van der Waals surface area (Å²) < 4.78 is 0. The molecule has 1 aromatic rings. The zero-order valence-electron chi connectivity index (χ0n) is 10.6. The van der Waals surface area contributed by atoms with Gasteiger partial charge in [0.15, 0.2) is 5.78 Å². The van der Waals surface area contributed by atoms with Gasteiger partial charge in [0.05, 0.1) is 0 Å². The summed E-state index contributed by atoms with van der Waals surface area (Å²) in [6.07, 6.45) is 4.89. The molecule has 2 unspecified atom stereocenters. The summed E-state index contributed by atoms with van der Waals surface area (Å²) in [5.74, 6) is 1.04. The first-order chi connectivity index (χ1) is 8.26. The fourth-order valence-corrected chi connectivity index (χ4v) is 2.34. The molecule has 1 saturated carbocycles. The van der Waals surface area contributed by atoms with Gasteiger partial charge < -0.3 is 0 Å². The lowest BCUT2D eigenvalue weighted by molar-refractivity contribution is -0.115. The predicted octanol–water partition coefficient (Wildman–Crippen LogP) is 4.11. The molecule has 1 nitrogen and oxygen atoms in total. The summed E-state index contributed by atoms with van der Waals surface area (Å²) in [4.78, 5) is 12.0. The topological polar surface area (TPSA) is 17.1 Å². The third-order valence-corrected chi connectivity index (χ3v) is 3.64. The first kappa shape index (κ1) is 12.1. The number of rotatable bonds is 5. The van der Waals surface area contributed by atoms with Crippen molar-refractivity contribution in [2.45, 2.75) is 39.0 Å². The molecule has 0 saturated heterocycles. The van der Waals surface area contributed by atoms with E-state index >= 15 is 0 Å². The van der Waals surface area contributed by atoms with Crippen LogP contribution in [0.15, 0.2) is 42.0 Å². The Morgan fingerprint density at radius 3 is 2.47 bits per heavy atom. The normalized spacial score (nSPS) is 22.0. The first-order valence-electron chi connectivity index (χ1n) is 6.54. The van der Waals surface area contributed by atoms with E-state index in [1.165, 1.54) is 11.1 Å². The van der Waals surface area contributed by atoms with E-state index in [0.717, 1.165) is 19.3 Å². The lowest BCUT2D eigenvalue weighted by Crippen LogP contribution is -1.99. The van der Waals surface area contributed by atoms with Crippen LogP contribution in [-0.4, -0.2) is 5.78 Å². The van der Waals surface area contributed by atoms with E-state index in [0.29, 0.717) is 11.7 Å². The van der Waals surface area contributed by atoms with Crippen LogP contribution in [0, 0.1) is 5.92 Å². The smallest absolute Gasteiger partial charge is 0.159 e. The molecule has 17 heavy (non-hydrogen) atoms. The second kappa shape index (κ2) is 5.31. The van der Waals surface area contributed by atoms with E-state index in [1.807, 2.05) is 12.1 Å². The van der Waals surface area contributed by atoms with E-state index in [9.17, 15) is 4.79 Å². The highest BCUT2D eigenvalue weighted by molar-refractivity contribution is 5.95. The Labute approximate surface area is 104 Å². The maximum absolute atomic E-state index is 12.0. The van der Waals surface area contributed by atoms with Crippen LogP contribution in [0.4, 0.5) is 0 Å². The largest absolute Gasteiger partial charge is 0.295 e. The second-order valence-electron chi connectivity index (χ2n) is 4.77. The van der Waals surface area contributed by atoms with Crippen LogP contribution >= 0.6 is 0 Å². The molecule has 2 atom stereocenters. The number of carbonyl (C=O) groups is 1. The van der Waals surface area contributed by atoms with Crippen LogP contribution in [-0.2, 0) is 4.79 Å². The van der Waals surface area contributed by atoms with Gasteiger partial charge in [-0.3, -0.25) is 4.79 Å². The van der Waals surface area contributed by atoms with Crippen LogP contribution in [0.1, 0.15) is 44.6 Å². The van der Waals surface area contributed by atoms with E-state index in [1.54, 1.807) is 0 Å². The Kier molecular flexibility index (Phi) is 3.78. The van der Waals surface area contributed by atoms with Crippen molar-refractivity contribution in [1.29, 1.82) is 0 Å². The van der Waals surface area contributed by atoms with Crippen molar-refractivity contribution >= 4 is 5.78 Å². The number of carbonyl (C=O) groups excluding carboxylic acids is 1. The Hall–Kier alpha value is -1.37. The molecule has 1 aliphatic carbocycles. The van der Waals surface area contributed by atoms with Gasteiger partial charge >= 0.3 is 0 Å². The van der Waals surface area contributed by atoms with Crippen molar-refractivity contribution in [2.75, 3.05) is 0 Å². The van der Waals surface area contributed by atoms with Gasteiger partial charge in [-0.15, -0.1) is 0 Å². The minimum atomic E-state index is 0.241. The minimum absolute atomic E-state index is 0.241. The summed E-state index contributed by atoms with van der Waals surface area (Å²) in [6.45, 7) is 4.23. The quantitative estimate of drug-likeness (QED) is 0.693. The second-order valence-corrected chi connectivity index (χ2v) is 4.77. The molecule has 2 rings (SSSR count). The average molecular weight is 228 g/mol. The zero-order valence-corrected chi connectivity index (χ0v) is 10.6. The summed E-state index contributed by atoms with van der Waals surface area (Å²) in [6, 6.07) is 10.4. The molecule has 0 aromatic heterocycles. The van der Waals surface area contributed by atoms with Crippen molar-refractivity contribution in [3.05, 3.63) is 47.5 Å². The highest BCUT2D eigenvalue weighted by Gasteiger charge is 2.42. The monoisotopic (exact) mass is 228 g/mol. The molecule has 0 bridgehead atoms. The molecule has 0 radical (unpaired) electrons. The standard InChI is InChI=1S/C16H20O/c1-3-12(4-2)10-16(17)15-11-14(15)13-8-6-5-7-9-13/h5-10,14-15H,3-4,11H2,1-2H3. The lowest BCUT2D eigenvalue weighted by atomic mass is 10.0. The number of hydrogen-bond acceptors (Lipinski definition) is 1. The number of ketones is 1. The summed E-state index contributed by atoms with van der Waals surface area (Å²) in [5.41, 5.74) is 2.59. The lowest BCUT2D eigenvalue weighted by Gasteiger charge is -2.00. The number of allylic oxidation sites excluding steroid dienone is 2. The highest BCUT2D eigenvalue weighted by Crippen LogP contribution is 2.48. The van der Waals surface area contributed by atoms with Gasteiger partial charge in [0.1, 0.15) is 0 Å². The van der Waals surface area contributed by atoms with Crippen molar-refractivity contribution in [1.82, 2.24) is 0 Å². The number of hydrogen-bond donors (Lipinski definition) is 0. The van der Waals surface area contributed by atoms with Crippen molar-refractivity contribution in [2.24, 2.45) is 5.92 Å². The molecular weight excluding hydrogens is 208 g/mol. The van der Waals surface area contributed by atoms with Crippen LogP contribution in [0.3, 0.4) is 0 Å². The van der Waals surface area contributed by atoms with E-state index in [-0.39, 0.29) is 5.92 Å². The fraction of sp³-hybridized carbons (Fsp3) is 0.438. The molecular formula is C16H20O. The van der Waals surface area contributed by atoms with Gasteiger partial charge in [0, 0.05) is 5.92 Å². The average Bonchev–Trinajstić information content (AvgIpc) is 3.17. The predicted molar refractivity (Wildman–Crippen MR) is 71.0 cm³/mol. The number of benzene rings is 1. The Morgan fingerprint density at radius 2 is 1.88 bits per heavy atom. The van der Waals surface area contributed by atoms with Gasteiger partial charge in [0.25, 0.3) is 0 Å². The summed E-state index contributed by atoms with van der Waals surface area (Å²) in [5, 5.41) is 0. The van der Waals surface area contributed by atoms with E-state index in [4.69, 9.17) is 0 Å². The minimum Gasteiger partial charge on any atom is -0.295 e. The fourth-order valence-electron chi connectivity index (χ4n) is 2.34. The van der Waals surface area contributed by atoms with Gasteiger partial charge in [-0.1, -0.05) is 49.8 Å². The maximum Gasteiger partial charge on any atom is 0.159 e. The van der Waals surface area contributed by atoms with Crippen LogP contribution in [0.2, 0.25) is 0 Å². The Morgan fingerprint density at radius 1 is 1.24 bits per heavy atom. The van der Waals surface area contributed by atoms with Crippen LogP contribution in [0.5, 0.6) is 0 Å². The molecule has 1 aliphatic rings. The molecule has 0 spiro atoms. The highest BCUT2D eigenvalue weighted by atomic mass is 16.1. The third-order valence-electron chi connectivity index (χ3n) is 3.64. The molecule has 1 heteroatoms.